The van der Waals surface area contributed by atoms with Crippen molar-refractivity contribution in [2.75, 3.05) is 38.3 Å². The Morgan fingerprint density at radius 1 is 1.50 bits per heavy atom. The van der Waals surface area contributed by atoms with E-state index < -0.39 is 14.8 Å². The number of rotatable bonds is 7. The Kier molecular flexibility index (Phi) is 6.56. The van der Waals surface area contributed by atoms with Gasteiger partial charge in [-0.1, -0.05) is 5.16 Å². The maximum Gasteiger partial charge on any atom is 0.216 e. The Labute approximate surface area is 124 Å². The molecule has 20 heavy (non-hydrogen) atoms. The molecule has 118 valence electrons. The molecule has 0 spiro atoms. The van der Waals surface area contributed by atoms with Crippen molar-refractivity contribution in [3.8, 4) is 0 Å². The van der Waals surface area contributed by atoms with Crippen molar-refractivity contribution >= 4 is 27.6 Å². The van der Waals surface area contributed by atoms with Crippen molar-refractivity contribution in [1.82, 2.24) is 4.31 Å². The second-order valence-corrected chi connectivity index (χ2v) is 7.87. The molecule has 0 aliphatic carbocycles. The molecule has 0 radical (unpaired) electrons. The summed E-state index contributed by atoms with van der Waals surface area (Å²) in [6.07, 6.45) is 2.97. The highest BCUT2D eigenvalue weighted by Gasteiger charge is 2.40. The van der Waals surface area contributed by atoms with Crippen molar-refractivity contribution in [2.45, 2.75) is 24.5 Å². The van der Waals surface area contributed by atoms with E-state index in [4.69, 9.17) is 15.7 Å². The van der Waals surface area contributed by atoms with E-state index in [1.165, 1.54) is 16.1 Å². The van der Waals surface area contributed by atoms with Gasteiger partial charge in [0.05, 0.1) is 17.1 Å². The molecular weight excluding hydrogens is 302 g/mol. The van der Waals surface area contributed by atoms with Crippen molar-refractivity contribution in [1.29, 1.82) is 0 Å². The minimum Gasteiger partial charge on any atom is -0.409 e. The first-order valence-electron chi connectivity index (χ1n) is 6.50. The zero-order valence-corrected chi connectivity index (χ0v) is 13.5. The number of nitrogens with zero attached hydrogens (tertiary/aromatic N) is 2. The summed E-state index contributed by atoms with van der Waals surface area (Å²) in [5.74, 6) is 0.160. The molecular formula is C11H23N3O4S2. The van der Waals surface area contributed by atoms with Gasteiger partial charge >= 0.3 is 0 Å². The molecule has 0 aromatic heterocycles. The minimum absolute atomic E-state index is 0.00329. The molecule has 1 aliphatic rings. The normalized spacial score (nSPS) is 21.0. The average molecular weight is 325 g/mol. The number of thioether (sulfide) groups is 1. The molecule has 3 N–H and O–H groups in total. The third-order valence-electron chi connectivity index (χ3n) is 3.58. The molecule has 0 saturated carbocycles. The van der Waals surface area contributed by atoms with Gasteiger partial charge in [-0.2, -0.15) is 11.8 Å². The van der Waals surface area contributed by atoms with E-state index in [0.717, 1.165) is 0 Å². The predicted molar refractivity (Wildman–Crippen MR) is 80.7 cm³/mol. The van der Waals surface area contributed by atoms with Gasteiger partial charge in [-0.15, -0.1) is 0 Å². The number of hydrogen-bond acceptors (Lipinski definition) is 6. The summed E-state index contributed by atoms with van der Waals surface area (Å²) in [5.41, 5.74) is 5.74. The number of piperidine rings is 1. The Hall–Kier alpha value is -0.510. The van der Waals surface area contributed by atoms with Crippen LogP contribution in [0.4, 0.5) is 0 Å². The number of sulfonamides is 1. The number of nitrogens with two attached hydrogens (primary N) is 1. The second kappa shape index (κ2) is 7.48. The fourth-order valence-electron chi connectivity index (χ4n) is 2.22. The highest BCUT2D eigenvalue weighted by atomic mass is 32.2. The molecule has 1 heterocycles. The minimum atomic E-state index is -3.29. The molecule has 0 amide bonds. The Morgan fingerprint density at radius 2 is 2.10 bits per heavy atom. The first-order valence-corrected chi connectivity index (χ1v) is 9.34. The maximum atomic E-state index is 12.1. The van der Waals surface area contributed by atoms with Crippen LogP contribution in [0.3, 0.4) is 0 Å². The van der Waals surface area contributed by atoms with E-state index in [9.17, 15) is 8.42 Å². The molecule has 7 nitrogen and oxygen atoms in total. The van der Waals surface area contributed by atoms with Gasteiger partial charge in [0.15, 0.2) is 5.84 Å². The summed E-state index contributed by atoms with van der Waals surface area (Å²) in [6.45, 7) is 3.31. The standard InChI is InChI=1S/C11H23N3O4S2/c1-3-18-8-9-20(16,17)14-6-4-11(19-2,5-7-14)10(12)13-15/h15H,3-9H2,1-2H3,(H2,12,13). The number of ether oxygens (including phenoxy) is 1. The van der Waals surface area contributed by atoms with E-state index >= 15 is 0 Å². The van der Waals surface area contributed by atoms with Gasteiger partial charge in [-0.3, -0.25) is 0 Å². The lowest BCUT2D eigenvalue weighted by atomic mass is 9.96. The fourth-order valence-corrected chi connectivity index (χ4v) is 4.39. The first kappa shape index (κ1) is 17.5. The lowest BCUT2D eigenvalue weighted by molar-refractivity contribution is 0.162. The van der Waals surface area contributed by atoms with Gasteiger partial charge in [-0.05, 0) is 26.0 Å². The number of oxime groups is 1. The fraction of sp³-hybridized carbons (Fsp3) is 0.909. The maximum absolute atomic E-state index is 12.1. The van der Waals surface area contributed by atoms with E-state index in [1.807, 2.05) is 13.2 Å². The molecule has 0 bridgehead atoms. The summed E-state index contributed by atoms with van der Waals surface area (Å²) < 4.78 is 30.3. The van der Waals surface area contributed by atoms with E-state index in [2.05, 4.69) is 5.16 Å². The smallest absolute Gasteiger partial charge is 0.216 e. The van der Waals surface area contributed by atoms with Crippen molar-refractivity contribution < 1.29 is 18.4 Å². The predicted octanol–water partition coefficient (Wildman–Crippen LogP) is 0.297. The van der Waals surface area contributed by atoms with Gasteiger partial charge in [-0.25, -0.2) is 12.7 Å². The monoisotopic (exact) mass is 325 g/mol. The molecule has 9 heteroatoms. The van der Waals surface area contributed by atoms with Gasteiger partial charge in [0.25, 0.3) is 0 Å². The lowest BCUT2D eigenvalue weighted by Crippen LogP contribution is -2.52. The van der Waals surface area contributed by atoms with Gasteiger partial charge in [0.1, 0.15) is 0 Å². The van der Waals surface area contributed by atoms with Crippen LogP contribution in [-0.4, -0.2) is 66.8 Å². The van der Waals surface area contributed by atoms with Crippen LogP contribution in [0.25, 0.3) is 0 Å². The zero-order valence-electron chi connectivity index (χ0n) is 11.9. The van der Waals surface area contributed by atoms with E-state index in [1.54, 1.807) is 0 Å². The summed E-state index contributed by atoms with van der Waals surface area (Å²) in [6, 6.07) is 0. The highest BCUT2D eigenvalue weighted by molar-refractivity contribution is 8.00. The third kappa shape index (κ3) is 4.00. The summed E-state index contributed by atoms with van der Waals surface area (Å²) in [4.78, 5) is 0. The Balaban J connectivity index is 2.65. The summed E-state index contributed by atoms with van der Waals surface area (Å²) in [5, 5.41) is 11.9. The van der Waals surface area contributed by atoms with Crippen molar-refractivity contribution in [3.63, 3.8) is 0 Å². The van der Waals surface area contributed by atoms with E-state index in [-0.39, 0.29) is 18.2 Å². The SMILES string of the molecule is CCOCCS(=O)(=O)N1CCC(SC)(C(N)=NO)CC1. The van der Waals surface area contributed by atoms with Crippen LogP contribution in [0, 0.1) is 0 Å². The quantitative estimate of drug-likeness (QED) is 0.229. The molecule has 1 fully saturated rings. The molecule has 1 saturated heterocycles. The zero-order chi connectivity index (χ0) is 15.2. The molecule has 0 unspecified atom stereocenters. The van der Waals surface area contributed by atoms with Crippen LogP contribution < -0.4 is 5.73 Å². The van der Waals surface area contributed by atoms with Crippen LogP contribution in [-0.2, 0) is 14.8 Å². The summed E-state index contributed by atoms with van der Waals surface area (Å²) in [7, 11) is -3.29. The Morgan fingerprint density at radius 3 is 2.55 bits per heavy atom. The van der Waals surface area contributed by atoms with Crippen LogP contribution in [0.1, 0.15) is 19.8 Å². The van der Waals surface area contributed by atoms with Crippen molar-refractivity contribution in [2.24, 2.45) is 10.9 Å². The van der Waals surface area contributed by atoms with Crippen LogP contribution in [0.5, 0.6) is 0 Å². The first-order chi connectivity index (χ1) is 9.41. The molecule has 1 rings (SSSR count). The van der Waals surface area contributed by atoms with Gasteiger partial charge in [0, 0.05) is 19.7 Å². The largest absolute Gasteiger partial charge is 0.409 e. The molecule has 0 atom stereocenters. The van der Waals surface area contributed by atoms with Gasteiger partial charge in [0.2, 0.25) is 10.0 Å². The molecule has 0 aromatic rings. The lowest BCUT2D eigenvalue weighted by Gasteiger charge is -2.39. The summed E-state index contributed by atoms with van der Waals surface area (Å²) >= 11 is 1.50. The second-order valence-electron chi connectivity index (χ2n) is 4.60. The average Bonchev–Trinajstić information content (AvgIpc) is 2.46. The number of amidine groups is 1. The van der Waals surface area contributed by atoms with Crippen molar-refractivity contribution in [3.05, 3.63) is 0 Å². The van der Waals surface area contributed by atoms with E-state index in [0.29, 0.717) is 32.5 Å². The Bertz CT molecular complexity index is 431. The highest BCUT2D eigenvalue weighted by Crippen LogP contribution is 2.35. The van der Waals surface area contributed by atoms with Crippen LogP contribution >= 0.6 is 11.8 Å². The van der Waals surface area contributed by atoms with Crippen LogP contribution in [0.15, 0.2) is 5.16 Å². The third-order valence-corrected chi connectivity index (χ3v) is 6.81. The molecule has 0 aromatic carbocycles. The molecule has 1 aliphatic heterocycles. The number of hydrogen-bond donors (Lipinski definition) is 2. The van der Waals surface area contributed by atoms with Gasteiger partial charge < -0.3 is 15.7 Å². The van der Waals surface area contributed by atoms with Crippen LogP contribution in [0.2, 0.25) is 0 Å². The topological polar surface area (TPSA) is 105 Å².